The van der Waals surface area contributed by atoms with Crippen molar-refractivity contribution in [2.24, 2.45) is 0 Å². The fourth-order valence-electron chi connectivity index (χ4n) is 3.18. The average Bonchev–Trinajstić information content (AvgIpc) is 3.10. The van der Waals surface area contributed by atoms with Crippen LogP contribution in [0.2, 0.25) is 0 Å². The monoisotopic (exact) mass is 377 g/mol. The summed E-state index contributed by atoms with van der Waals surface area (Å²) in [5, 5.41) is 16.4. The molecule has 1 N–H and O–H groups in total. The van der Waals surface area contributed by atoms with Crippen molar-refractivity contribution in [2.75, 3.05) is 11.9 Å². The molecule has 1 aromatic carbocycles. The Hall–Kier alpha value is -3.24. The van der Waals surface area contributed by atoms with Crippen LogP contribution in [0.1, 0.15) is 41.4 Å². The van der Waals surface area contributed by atoms with Gasteiger partial charge >= 0.3 is 0 Å². The molecule has 3 aromatic rings. The molecule has 7 heteroatoms. The van der Waals surface area contributed by atoms with Crippen molar-refractivity contribution in [3.05, 3.63) is 58.5 Å². The second-order valence-electron chi connectivity index (χ2n) is 6.51. The summed E-state index contributed by atoms with van der Waals surface area (Å²) in [6, 6.07) is 9.74. The van der Waals surface area contributed by atoms with Gasteiger partial charge in [-0.3, -0.25) is 4.79 Å². The van der Waals surface area contributed by atoms with Crippen molar-refractivity contribution in [1.82, 2.24) is 14.6 Å². The van der Waals surface area contributed by atoms with Gasteiger partial charge in [0.15, 0.2) is 5.65 Å². The molecule has 0 saturated heterocycles. The van der Waals surface area contributed by atoms with Crippen molar-refractivity contribution in [3.63, 3.8) is 0 Å². The zero-order chi connectivity index (χ0) is 20.1. The van der Waals surface area contributed by atoms with E-state index in [0.717, 1.165) is 28.2 Å². The summed E-state index contributed by atoms with van der Waals surface area (Å²) in [7, 11) is 0. The van der Waals surface area contributed by atoms with Gasteiger partial charge < -0.3 is 10.1 Å². The van der Waals surface area contributed by atoms with E-state index in [2.05, 4.69) is 21.5 Å². The van der Waals surface area contributed by atoms with E-state index in [1.165, 1.54) is 6.20 Å². The maximum absolute atomic E-state index is 12.5. The first-order valence-corrected chi connectivity index (χ1v) is 9.24. The van der Waals surface area contributed by atoms with E-state index in [0.29, 0.717) is 37.3 Å². The number of hydrogen-bond donors (Lipinski definition) is 1. The maximum atomic E-state index is 12.5. The smallest absolute Gasteiger partial charge is 0.224 e. The molecule has 0 aliphatic heterocycles. The van der Waals surface area contributed by atoms with Gasteiger partial charge in [-0.15, -0.1) is 0 Å². The lowest BCUT2D eigenvalue weighted by Crippen LogP contribution is -2.15. The normalized spacial score (nSPS) is 10.8. The van der Waals surface area contributed by atoms with E-state index in [1.807, 2.05) is 45.0 Å². The molecule has 7 nitrogen and oxygen atoms in total. The Bertz CT molecular complexity index is 1050. The van der Waals surface area contributed by atoms with Crippen LogP contribution in [0.4, 0.5) is 5.69 Å². The first kappa shape index (κ1) is 19.5. The minimum atomic E-state index is -0.0685. The number of carbonyl (C=O) groups is 1. The fraction of sp³-hybridized carbons (Fsp3) is 0.333. The number of carbonyl (C=O) groups excluding carboxylic acids is 1. The largest absolute Gasteiger partial charge is 0.377 e. The number of hydrogen-bond acceptors (Lipinski definition) is 5. The van der Waals surface area contributed by atoms with Crippen molar-refractivity contribution in [3.8, 4) is 6.07 Å². The molecule has 0 atom stereocenters. The number of fused-ring (bicyclic) bond motifs is 1. The van der Waals surface area contributed by atoms with Crippen molar-refractivity contribution in [1.29, 1.82) is 5.26 Å². The van der Waals surface area contributed by atoms with E-state index in [1.54, 1.807) is 4.52 Å². The molecule has 0 radical (unpaired) electrons. The second kappa shape index (κ2) is 8.63. The zero-order valence-electron chi connectivity index (χ0n) is 16.3. The first-order valence-electron chi connectivity index (χ1n) is 9.24. The third-order valence-electron chi connectivity index (χ3n) is 4.68. The summed E-state index contributed by atoms with van der Waals surface area (Å²) in [6.45, 7) is 6.85. The lowest BCUT2D eigenvalue weighted by molar-refractivity contribution is -0.116. The molecule has 0 fully saturated rings. The van der Waals surface area contributed by atoms with Gasteiger partial charge in [0.25, 0.3) is 0 Å². The number of nitrogens with zero attached hydrogens (tertiary/aromatic N) is 4. The van der Waals surface area contributed by atoms with Crippen LogP contribution in [0, 0.1) is 25.2 Å². The molecule has 0 aliphatic rings. The third-order valence-corrected chi connectivity index (χ3v) is 4.68. The number of nitriles is 1. The van der Waals surface area contributed by atoms with Crippen LogP contribution in [-0.2, 0) is 22.6 Å². The lowest BCUT2D eigenvalue weighted by atomic mass is 10.1. The molecule has 28 heavy (non-hydrogen) atoms. The van der Waals surface area contributed by atoms with Crippen LogP contribution < -0.4 is 5.32 Å². The molecular weight excluding hydrogens is 354 g/mol. The van der Waals surface area contributed by atoms with Crippen LogP contribution in [-0.4, -0.2) is 27.1 Å². The zero-order valence-corrected chi connectivity index (χ0v) is 16.3. The topological polar surface area (TPSA) is 92.3 Å². The predicted octanol–water partition coefficient (Wildman–Crippen LogP) is 3.33. The molecule has 144 valence electrons. The van der Waals surface area contributed by atoms with Crippen LogP contribution >= 0.6 is 0 Å². The molecule has 0 saturated carbocycles. The predicted molar refractivity (Wildman–Crippen MR) is 106 cm³/mol. The molecule has 0 aliphatic carbocycles. The second-order valence-corrected chi connectivity index (χ2v) is 6.51. The Balaban J connectivity index is 1.73. The number of amides is 1. The third kappa shape index (κ3) is 4.02. The van der Waals surface area contributed by atoms with Gasteiger partial charge in [-0.1, -0.05) is 18.2 Å². The molecule has 0 spiro atoms. The van der Waals surface area contributed by atoms with Crippen molar-refractivity contribution in [2.45, 2.75) is 40.2 Å². The number of ether oxygens (including phenoxy) is 1. The highest BCUT2D eigenvalue weighted by Crippen LogP contribution is 2.20. The highest BCUT2D eigenvalue weighted by molar-refractivity contribution is 5.91. The number of anilines is 1. The molecule has 0 unspecified atom stereocenters. The van der Waals surface area contributed by atoms with E-state index in [4.69, 9.17) is 10.00 Å². The quantitative estimate of drug-likeness (QED) is 0.682. The Labute approximate surface area is 164 Å². The van der Waals surface area contributed by atoms with Crippen LogP contribution in [0.3, 0.4) is 0 Å². The van der Waals surface area contributed by atoms with Crippen LogP contribution in [0.15, 0.2) is 30.5 Å². The van der Waals surface area contributed by atoms with E-state index >= 15 is 0 Å². The number of rotatable bonds is 7. The molecule has 3 rings (SSSR count). The summed E-state index contributed by atoms with van der Waals surface area (Å²) in [6.07, 6.45) is 2.38. The first-order chi connectivity index (χ1) is 13.5. The summed E-state index contributed by atoms with van der Waals surface area (Å²) in [4.78, 5) is 17.0. The molecule has 2 heterocycles. The number of aryl methyl sites for hydroxylation is 2. The molecule has 2 aromatic heterocycles. The van der Waals surface area contributed by atoms with Gasteiger partial charge in [-0.05, 0) is 38.8 Å². The highest BCUT2D eigenvalue weighted by Gasteiger charge is 2.15. The van der Waals surface area contributed by atoms with Gasteiger partial charge in [-0.25, -0.2) is 9.50 Å². The van der Waals surface area contributed by atoms with E-state index in [-0.39, 0.29) is 5.91 Å². The standard InChI is InChI=1S/C21H23N5O2/c1-4-28-13-16-7-5-6-8-19(16)25-20(27)10-9-18-14(2)24-21-17(11-22)12-23-26(21)15(18)3/h5-8,12H,4,9-10,13H2,1-3H3,(H,25,27). The van der Waals surface area contributed by atoms with Gasteiger partial charge in [0.2, 0.25) is 5.91 Å². The summed E-state index contributed by atoms with van der Waals surface area (Å²) in [5.74, 6) is -0.0685. The summed E-state index contributed by atoms with van der Waals surface area (Å²) >= 11 is 0. The van der Waals surface area contributed by atoms with Gasteiger partial charge in [0, 0.05) is 35.7 Å². The molecule has 0 bridgehead atoms. The lowest BCUT2D eigenvalue weighted by Gasteiger charge is -2.13. The summed E-state index contributed by atoms with van der Waals surface area (Å²) < 4.78 is 7.13. The van der Waals surface area contributed by atoms with E-state index < -0.39 is 0 Å². The molecular formula is C21H23N5O2. The number of aromatic nitrogens is 3. The van der Waals surface area contributed by atoms with Gasteiger partial charge in [0.1, 0.15) is 11.6 Å². The fourth-order valence-corrected chi connectivity index (χ4v) is 3.18. The Kier molecular flexibility index (Phi) is 6.02. The van der Waals surface area contributed by atoms with Crippen LogP contribution in [0.25, 0.3) is 5.65 Å². The maximum Gasteiger partial charge on any atom is 0.224 e. The Morgan fingerprint density at radius 1 is 1.32 bits per heavy atom. The number of para-hydroxylation sites is 1. The highest BCUT2D eigenvalue weighted by atomic mass is 16.5. The van der Waals surface area contributed by atoms with E-state index in [9.17, 15) is 4.79 Å². The SMILES string of the molecule is CCOCc1ccccc1NC(=O)CCc1c(C)nc2c(C#N)cnn2c1C. The minimum absolute atomic E-state index is 0.0685. The minimum Gasteiger partial charge on any atom is -0.377 e. The number of benzene rings is 1. The van der Waals surface area contributed by atoms with Gasteiger partial charge in [-0.2, -0.15) is 10.4 Å². The summed E-state index contributed by atoms with van der Waals surface area (Å²) in [5.41, 5.74) is 5.40. The number of nitrogens with one attached hydrogen (secondary N) is 1. The van der Waals surface area contributed by atoms with Crippen LogP contribution in [0.5, 0.6) is 0 Å². The average molecular weight is 377 g/mol. The van der Waals surface area contributed by atoms with Gasteiger partial charge in [0.05, 0.1) is 12.8 Å². The molecule has 1 amide bonds. The Morgan fingerprint density at radius 2 is 2.11 bits per heavy atom. The van der Waals surface area contributed by atoms with Crippen molar-refractivity contribution >= 4 is 17.2 Å². The Morgan fingerprint density at radius 3 is 2.86 bits per heavy atom. The van der Waals surface area contributed by atoms with Crippen molar-refractivity contribution < 1.29 is 9.53 Å².